The summed E-state index contributed by atoms with van der Waals surface area (Å²) in [6.07, 6.45) is 10.3. The quantitative estimate of drug-likeness (QED) is 0.864. The Morgan fingerprint density at radius 1 is 1.17 bits per heavy atom. The van der Waals surface area contributed by atoms with Gasteiger partial charge in [0.25, 0.3) is 0 Å². The highest BCUT2D eigenvalue weighted by atomic mass is 15.3. The van der Waals surface area contributed by atoms with E-state index < -0.39 is 0 Å². The van der Waals surface area contributed by atoms with Crippen LogP contribution >= 0.6 is 0 Å². The largest absolute Gasteiger partial charge is 0.314 e. The minimum Gasteiger partial charge on any atom is -0.314 e. The van der Waals surface area contributed by atoms with Gasteiger partial charge in [-0.2, -0.15) is 5.10 Å². The van der Waals surface area contributed by atoms with Crippen LogP contribution in [-0.4, -0.2) is 51.4 Å². The van der Waals surface area contributed by atoms with Crippen LogP contribution in [0.5, 0.6) is 0 Å². The van der Waals surface area contributed by atoms with Gasteiger partial charge in [0.05, 0.1) is 6.54 Å². The Morgan fingerprint density at radius 3 is 2.83 bits per heavy atom. The molecule has 1 N–H and O–H groups in total. The van der Waals surface area contributed by atoms with Gasteiger partial charge in [-0.25, -0.2) is 4.98 Å². The van der Waals surface area contributed by atoms with Crippen LogP contribution in [0.4, 0.5) is 0 Å². The number of nitrogens with zero attached hydrogens (tertiary/aromatic N) is 4. The molecule has 2 heterocycles. The number of piperazine rings is 1. The molecule has 0 unspecified atom stereocenters. The second kappa shape index (κ2) is 5.36. The Kier molecular flexibility index (Phi) is 3.61. The van der Waals surface area contributed by atoms with Gasteiger partial charge in [-0.1, -0.05) is 19.3 Å². The molecule has 18 heavy (non-hydrogen) atoms. The highest BCUT2D eigenvalue weighted by Gasteiger charge is 2.39. The second-order valence-corrected chi connectivity index (χ2v) is 5.61. The summed E-state index contributed by atoms with van der Waals surface area (Å²) < 4.78 is 1.94. The Morgan fingerprint density at radius 2 is 2.06 bits per heavy atom. The molecule has 100 valence electrons. The van der Waals surface area contributed by atoms with E-state index in [0.29, 0.717) is 5.54 Å². The number of hydrogen-bond donors (Lipinski definition) is 1. The van der Waals surface area contributed by atoms with Crippen LogP contribution in [0.3, 0.4) is 0 Å². The van der Waals surface area contributed by atoms with Crippen molar-refractivity contribution in [2.75, 3.05) is 26.2 Å². The highest BCUT2D eigenvalue weighted by molar-refractivity contribution is 4.97. The van der Waals surface area contributed by atoms with Crippen LogP contribution in [0.1, 0.15) is 32.1 Å². The summed E-state index contributed by atoms with van der Waals surface area (Å²) in [4.78, 5) is 6.71. The van der Waals surface area contributed by atoms with Gasteiger partial charge in [-0.05, 0) is 12.8 Å². The fourth-order valence-corrected chi connectivity index (χ4v) is 3.51. The van der Waals surface area contributed by atoms with E-state index in [2.05, 4.69) is 20.3 Å². The van der Waals surface area contributed by atoms with Crippen LogP contribution in [0, 0.1) is 0 Å². The molecule has 1 aliphatic carbocycles. The first kappa shape index (κ1) is 12.1. The standard InChI is InChI=1S/C13H23N5/c1-2-4-13(5-3-1)10-14-6-7-17(13)8-9-18-12-15-11-16-18/h11-12,14H,1-10H2. The molecule has 1 aromatic heterocycles. The van der Waals surface area contributed by atoms with Gasteiger partial charge in [0.2, 0.25) is 0 Å². The SMILES string of the molecule is c1ncn(CCN2CCNCC23CCCCC3)n1. The first-order valence-electron chi connectivity index (χ1n) is 7.17. The van der Waals surface area contributed by atoms with Gasteiger partial charge in [0, 0.05) is 31.7 Å². The van der Waals surface area contributed by atoms with Crippen LogP contribution in [-0.2, 0) is 6.54 Å². The fraction of sp³-hybridized carbons (Fsp3) is 0.846. The number of hydrogen-bond acceptors (Lipinski definition) is 4. The topological polar surface area (TPSA) is 46.0 Å². The van der Waals surface area contributed by atoms with E-state index in [-0.39, 0.29) is 0 Å². The van der Waals surface area contributed by atoms with E-state index in [1.54, 1.807) is 6.33 Å². The van der Waals surface area contributed by atoms with Crippen LogP contribution in [0.2, 0.25) is 0 Å². The predicted molar refractivity (Wildman–Crippen MR) is 70.3 cm³/mol. The summed E-state index contributed by atoms with van der Waals surface area (Å²) in [5.41, 5.74) is 0.428. The molecule has 0 aromatic carbocycles. The maximum atomic E-state index is 4.20. The third-order valence-electron chi connectivity index (χ3n) is 4.53. The molecular formula is C13H23N5. The molecule has 1 spiro atoms. The second-order valence-electron chi connectivity index (χ2n) is 5.61. The zero-order valence-corrected chi connectivity index (χ0v) is 11.0. The summed E-state index contributed by atoms with van der Waals surface area (Å²) in [7, 11) is 0. The van der Waals surface area contributed by atoms with E-state index in [0.717, 1.165) is 19.6 Å². The molecule has 2 aliphatic rings. The molecule has 0 atom stereocenters. The molecule has 0 radical (unpaired) electrons. The predicted octanol–water partition coefficient (Wildman–Crippen LogP) is 0.886. The van der Waals surface area contributed by atoms with Gasteiger partial charge in [-0.15, -0.1) is 0 Å². The van der Waals surface area contributed by atoms with Crippen molar-refractivity contribution >= 4 is 0 Å². The minimum atomic E-state index is 0.428. The lowest BCUT2D eigenvalue weighted by Gasteiger charge is -2.50. The highest BCUT2D eigenvalue weighted by Crippen LogP contribution is 2.34. The molecule has 0 amide bonds. The zero-order valence-electron chi connectivity index (χ0n) is 11.0. The lowest BCUT2D eigenvalue weighted by atomic mass is 9.79. The van der Waals surface area contributed by atoms with Crippen LogP contribution in [0.25, 0.3) is 0 Å². The third kappa shape index (κ3) is 2.42. The van der Waals surface area contributed by atoms with Crippen molar-refractivity contribution in [3.05, 3.63) is 12.7 Å². The first-order valence-corrected chi connectivity index (χ1v) is 7.17. The molecule has 1 aromatic rings. The van der Waals surface area contributed by atoms with Gasteiger partial charge in [0.1, 0.15) is 12.7 Å². The summed E-state index contributed by atoms with van der Waals surface area (Å²) in [5, 5.41) is 7.79. The summed E-state index contributed by atoms with van der Waals surface area (Å²) in [6.45, 7) is 5.53. The molecule has 5 nitrogen and oxygen atoms in total. The average molecular weight is 249 g/mol. The summed E-state index contributed by atoms with van der Waals surface area (Å²) in [6, 6.07) is 0. The van der Waals surface area contributed by atoms with Crippen LogP contribution < -0.4 is 5.32 Å². The number of nitrogens with one attached hydrogen (secondary N) is 1. The minimum absolute atomic E-state index is 0.428. The fourth-order valence-electron chi connectivity index (χ4n) is 3.51. The average Bonchev–Trinajstić information content (AvgIpc) is 2.92. The van der Waals surface area contributed by atoms with Crippen molar-refractivity contribution in [3.8, 4) is 0 Å². The lowest BCUT2D eigenvalue weighted by Crippen LogP contribution is -2.62. The van der Waals surface area contributed by atoms with E-state index >= 15 is 0 Å². The van der Waals surface area contributed by atoms with E-state index in [1.165, 1.54) is 45.2 Å². The van der Waals surface area contributed by atoms with E-state index in [1.807, 2.05) is 11.0 Å². The molecule has 5 heteroatoms. The Balaban J connectivity index is 1.64. The molecular weight excluding hydrogens is 226 g/mol. The molecule has 2 fully saturated rings. The number of aromatic nitrogens is 3. The van der Waals surface area contributed by atoms with E-state index in [4.69, 9.17) is 0 Å². The van der Waals surface area contributed by atoms with Gasteiger partial charge >= 0.3 is 0 Å². The van der Waals surface area contributed by atoms with Crippen molar-refractivity contribution in [3.63, 3.8) is 0 Å². The van der Waals surface area contributed by atoms with E-state index in [9.17, 15) is 0 Å². The molecule has 0 bridgehead atoms. The van der Waals surface area contributed by atoms with Gasteiger partial charge < -0.3 is 5.32 Å². The molecule has 1 aliphatic heterocycles. The number of rotatable bonds is 3. The third-order valence-corrected chi connectivity index (χ3v) is 4.53. The maximum Gasteiger partial charge on any atom is 0.137 e. The van der Waals surface area contributed by atoms with Gasteiger partial charge in [0.15, 0.2) is 0 Å². The van der Waals surface area contributed by atoms with Crippen molar-refractivity contribution in [1.29, 1.82) is 0 Å². The van der Waals surface area contributed by atoms with Gasteiger partial charge in [-0.3, -0.25) is 9.58 Å². The first-order chi connectivity index (χ1) is 8.89. The smallest absolute Gasteiger partial charge is 0.137 e. The normalized spacial score (nSPS) is 24.4. The van der Waals surface area contributed by atoms with Crippen molar-refractivity contribution in [2.45, 2.75) is 44.2 Å². The molecule has 3 rings (SSSR count). The van der Waals surface area contributed by atoms with Crippen molar-refractivity contribution in [2.24, 2.45) is 0 Å². The Bertz CT molecular complexity index is 347. The summed E-state index contributed by atoms with van der Waals surface area (Å²) in [5.74, 6) is 0. The Labute approximate surface area is 109 Å². The van der Waals surface area contributed by atoms with Crippen molar-refractivity contribution < 1.29 is 0 Å². The summed E-state index contributed by atoms with van der Waals surface area (Å²) >= 11 is 0. The maximum absolute atomic E-state index is 4.20. The Hall–Kier alpha value is -0.940. The molecule has 1 saturated heterocycles. The monoisotopic (exact) mass is 249 g/mol. The van der Waals surface area contributed by atoms with Crippen molar-refractivity contribution in [1.82, 2.24) is 25.0 Å². The lowest BCUT2D eigenvalue weighted by molar-refractivity contribution is 0.0243. The zero-order chi connectivity index (χ0) is 12.3. The van der Waals surface area contributed by atoms with Crippen LogP contribution in [0.15, 0.2) is 12.7 Å². The molecule has 1 saturated carbocycles.